The first-order valence-corrected chi connectivity index (χ1v) is 11.0. The van der Waals surface area contributed by atoms with E-state index in [9.17, 15) is 9.59 Å². The Bertz CT molecular complexity index is 1110. The van der Waals surface area contributed by atoms with Gasteiger partial charge in [-0.1, -0.05) is 18.2 Å². The molecule has 5 rings (SSSR count). The molecule has 3 aromatic rings. The van der Waals surface area contributed by atoms with E-state index >= 15 is 0 Å². The summed E-state index contributed by atoms with van der Waals surface area (Å²) in [6.45, 7) is 1.66. The normalized spacial score (nSPS) is 16.5. The van der Waals surface area contributed by atoms with E-state index in [1.807, 2.05) is 10.3 Å². The molecular formula is C22H23N3O2S. The van der Waals surface area contributed by atoms with E-state index in [2.05, 4.69) is 23.2 Å². The molecule has 0 N–H and O–H groups in total. The summed E-state index contributed by atoms with van der Waals surface area (Å²) >= 11 is 1.49. The van der Waals surface area contributed by atoms with Gasteiger partial charge in [0.25, 0.3) is 5.56 Å². The van der Waals surface area contributed by atoms with Gasteiger partial charge in [-0.2, -0.15) is 0 Å². The van der Waals surface area contributed by atoms with Crippen LogP contribution in [0.3, 0.4) is 0 Å². The number of nitrogens with zero attached hydrogens (tertiary/aromatic N) is 3. The zero-order valence-electron chi connectivity index (χ0n) is 15.8. The number of carbonyl (C=O) groups is 1. The zero-order chi connectivity index (χ0) is 19.1. The van der Waals surface area contributed by atoms with Crippen LogP contribution in [0.15, 0.2) is 34.7 Å². The van der Waals surface area contributed by atoms with Gasteiger partial charge in [-0.3, -0.25) is 14.2 Å². The van der Waals surface area contributed by atoms with Gasteiger partial charge in [0.2, 0.25) is 5.91 Å². The van der Waals surface area contributed by atoms with Gasteiger partial charge in [-0.15, -0.1) is 11.3 Å². The number of likely N-dealkylation sites (tertiary alicyclic amines) is 1. The second-order valence-corrected chi connectivity index (χ2v) is 8.64. The minimum Gasteiger partial charge on any atom is -0.341 e. The third kappa shape index (κ3) is 3.05. The Morgan fingerprint density at radius 3 is 2.68 bits per heavy atom. The Balaban J connectivity index is 1.54. The number of amides is 1. The molecular weight excluding hydrogens is 370 g/mol. The van der Waals surface area contributed by atoms with Gasteiger partial charge in [0, 0.05) is 24.0 Å². The monoisotopic (exact) mass is 393 g/mol. The van der Waals surface area contributed by atoms with Gasteiger partial charge in [0.05, 0.1) is 11.7 Å². The molecule has 1 aliphatic carbocycles. The molecule has 144 valence electrons. The van der Waals surface area contributed by atoms with Crippen molar-refractivity contribution in [1.82, 2.24) is 14.5 Å². The number of aromatic nitrogens is 2. The van der Waals surface area contributed by atoms with Crippen LogP contribution in [0.25, 0.3) is 21.3 Å². The molecule has 28 heavy (non-hydrogen) atoms. The second kappa shape index (κ2) is 7.17. The number of hydrogen-bond donors (Lipinski definition) is 0. The first-order valence-electron chi connectivity index (χ1n) is 10.1. The molecule has 2 aliphatic rings. The van der Waals surface area contributed by atoms with Crippen molar-refractivity contribution in [1.29, 1.82) is 0 Å². The predicted octanol–water partition coefficient (Wildman–Crippen LogP) is 3.63. The lowest BCUT2D eigenvalue weighted by atomic mass is 9.89. The average Bonchev–Trinajstić information content (AvgIpc) is 3.40. The highest BCUT2D eigenvalue weighted by Crippen LogP contribution is 2.33. The summed E-state index contributed by atoms with van der Waals surface area (Å²) in [4.78, 5) is 32.7. The smallest absolute Gasteiger partial charge is 0.263 e. The fraction of sp³-hybridized carbons (Fsp3) is 0.409. The average molecular weight is 394 g/mol. The fourth-order valence-electron chi connectivity index (χ4n) is 4.41. The Morgan fingerprint density at radius 1 is 1.07 bits per heavy atom. The molecule has 1 saturated heterocycles. The van der Waals surface area contributed by atoms with Crippen molar-refractivity contribution in [2.45, 2.75) is 45.1 Å². The lowest BCUT2D eigenvalue weighted by molar-refractivity contribution is -0.130. The molecule has 0 bridgehead atoms. The maximum Gasteiger partial charge on any atom is 0.263 e. The summed E-state index contributed by atoms with van der Waals surface area (Å²) < 4.78 is 1.47. The number of benzene rings is 1. The Morgan fingerprint density at radius 2 is 1.86 bits per heavy atom. The van der Waals surface area contributed by atoms with E-state index in [4.69, 9.17) is 0 Å². The zero-order valence-corrected chi connectivity index (χ0v) is 16.6. The van der Waals surface area contributed by atoms with Crippen LogP contribution in [0.1, 0.15) is 36.8 Å². The molecule has 1 amide bonds. The largest absolute Gasteiger partial charge is 0.341 e. The summed E-state index contributed by atoms with van der Waals surface area (Å²) in [6, 6.07) is 6.57. The first kappa shape index (κ1) is 17.6. The molecule has 1 aliphatic heterocycles. The molecule has 0 spiro atoms. The molecule has 0 radical (unpaired) electrons. The van der Waals surface area contributed by atoms with E-state index in [1.165, 1.54) is 46.2 Å². The molecule has 6 heteroatoms. The summed E-state index contributed by atoms with van der Waals surface area (Å²) in [6.07, 6.45) is 8.36. The molecule has 3 heterocycles. The minimum atomic E-state index is -0.119. The van der Waals surface area contributed by atoms with Crippen molar-refractivity contribution < 1.29 is 4.79 Å². The van der Waals surface area contributed by atoms with Crippen molar-refractivity contribution in [3.05, 3.63) is 51.4 Å². The summed E-state index contributed by atoms with van der Waals surface area (Å²) in [7, 11) is 0. The SMILES string of the molecule is O=C(Cn1cnc2scc(-c3ccc4c(c3)CCCC4)c2c1=O)N1CCCC1. The molecule has 0 atom stereocenters. The lowest BCUT2D eigenvalue weighted by Gasteiger charge is -2.17. The number of hydrogen-bond acceptors (Lipinski definition) is 4. The van der Waals surface area contributed by atoms with Crippen LogP contribution in [-0.4, -0.2) is 33.4 Å². The predicted molar refractivity (Wildman–Crippen MR) is 112 cm³/mol. The number of aryl methyl sites for hydroxylation is 2. The van der Waals surface area contributed by atoms with Crippen LogP contribution in [0.5, 0.6) is 0 Å². The van der Waals surface area contributed by atoms with Crippen LogP contribution < -0.4 is 5.56 Å². The number of rotatable bonds is 3. The van der Waals surface area contributed by atoms with E-state index in [0.29, 0.717) is 5.39 Å². The number of thiophene rings is 1. The number of fused-ring (bicyclic) bond motifs is 2. The van der Waals surface area contributed by atoms with Crippen molar-refractivity contribution in [2.75, 3.05) is 13.1 Å². The quantitative estimate of drug-likeness (QED) is 0.683. The van der Waals surface area contributed by atoms with Gasteiger partial charge in [0.15, 0.2) is 0 Å². The van der Waals surface area contributed by atoms with Gasteiger partial charge in [-0.25, -0.2) is 4.98 Å². The molecule has 0 saturated carbocycles. The maximum absolute atomic E-state index is 13.2. The van der Waals surface area contributed by atoms with Crippen LogP contribution in [0.2, 0.25) is 0 Å². The maximum atomic E-state index is 13.2. The lowest BCUT2D eigenvalue weighted by Crippen LogP contribution is -2.34. The van der Waals surface area contributed by atoms with Crippen LogP contribution in [-0.2, 0) is 24.2 Å². The van der Waals surface area contributed by atoms with Crippen molar-refractivity contribution in [2.24, 2.45) is 0 Å². The van der Waals surface area contributed by atoms with Crippen LogP contribution in [0.4, 0.5) is 0 Å². The van der Waals surface area contributed by atoms with Crippen LogP contribution >= 0.6 is 11.3 Å². The highest BCUT2D eigenvalue weighted by atomic mass is 32.1. The standard InChI is InChI=1S/C22H23N3O2S/c26-19(24-9-3-4-10-24)12-25-14-23-21-20(22(25)27)18(13-28-21)17-8-7-15-5-1-2-6-16(15)11-17/h7-8,11,13-14H,1-6,9-10,12H2. The van der Waals surface area contributed by atoms with Gasteiger partial charge in [0.1, 0.15) is 11.4 Å². The van der Waals surface area contributed by atoms with Crippen molar-refractivity contribution in [3.8, 4) is 11.1 Å². The Kier molecular flexibility index (Phi) is 4.51. The first-order chi connectivity index (χ1) is 13.7. The summed E-state index contributed by atoms with van der Waals surface area (Å²) in [5, 5.41) is 2.66. The highest BCUT2D eigenvalue weighted by molar-refractivity contribution is 7.17. The fourth-order valence-corrected chi connectivity index (χ4v) is 5.31. The molecule has 2 aromatic heterocycles. The molecule has 1 aromatic carbocycles. The third-order valence-corrected chi connectivity index (χ3v) is 6.87. The second-order valence-electron chi connectivity index (χ2n) is 7.79. The van der Waals surface area contributed by atoms with Crippen molar-refractivity contribution in [3.63, 3.8) is 0 Å². The van der Waals surface area contributed by atoms with Crippen molar-refractivity contribution >= 4 is 27.5 Å². The Hall–Kier alpha value is -2.47. The molecule has 0 unspecified atom stereocenters. The van der Waals surface area contributed by atoms with E-state index in [0.717, 1.165) is 54.7 Å². The van der Waals surface area contributed by atoms with E-state index < -0.39 is 0 Å². The molecule has 5 nitrogen and oxygen atoms in total. The Labute approximate surface area is 167 Å². The topological polar surface area (TPSA) is 55.2 Å². The summed E-state index contributed by atoms with van der Waals surface area (Å²) in [5.74, 6) is 0.00584. The number of carbonyl (C=O) groups excluding carboxylic acids is 1. The van der Waals surface area contributed by atoms with Gasteiger partial charge in [-0.05, 0) is 55.2 Å². The van der Waals surface area contributed by atoms with Gasteiger partial charge >= 0.3 is 0 Å². The van der Waals surface area contributed by atoms with E-state index in [-0.39, 0.29) is 18.0 Å². The molecule has 1 fully saturated rings. The van der Waals surface area contributed by atoms with Gasteiger partial charge < -0.3 is 4.90 Å². The summed E-state index contributed by atoms with van der Waals surface area (Å²) in [5.41, 5.74) is 4.73. The minimum absolute atomic E-state index is 0.00584. The highest BCUT2D eigenvalue weighted by Gasteiger charge is 2.20. The third-order valence-electron chi connectivity index (χ3n) is 5.98. The van der Waals surface area contributed by atoms with E-state index in [1.54, 1.807) is 0 Å². The van der Waals surface area contributed by atoms with Crippen LogP contribution in [0, 0.1) is 0 Å².